The van der Waals surface area contributed by atoms with E-state index in [0.29, 0.717) is 26.3 Å². The van der Waals surface area contributed by atoms with Gasteiger partial charge in [0.2, 0.25) is 0 Å². The van der Waals surface area contributed by atoms with Crippen molar-refractivity contribution in [2.75, 3.05) is 46.6 Å². The number of morpholine rings is 1. The van der Waals surface area contributed by atoms with Gasteiger partial charge in [-0.05, 0) is 6.92 Å². The van der Waals surface area contributed by atoms with Crippen LogP contribution in [0.2, 0.25) is 0 Å². The van der Waals surface area contributed by atoms with E-state index in [1.807, 2.05) is 0 Å². The number of amides is 1. The summed E-state index contributed by atoms with van der Waals surface area (Å²) in [7, 11) is 1.33. The quantitative estimate of drug-likeness (QED) is 0.398. The number of nitrogens with zero attached hydrogens (tertiary/aromatic N) is 2. The Morgan fingerprint density at radius 3 is 2.54 bits per heavy atom. The zero-order valence-electron chi connectivity index (χ0n) is 14.6. The molecule has 0 bridgehead atoms. The molecule has 0 aliphatic carbocycles. The molecule has 10 heteroatoms. The van der Waals surface area contributed by atoms with Gasteiger partial charge in [0.25, 0.3) is 11.6 Å². The summed E-state index contributed by atoms with van der Waals surface area (Å²) in [5.41, 5.74) is -0.803. The van der Waals surface area contributed by atoms with Gasteiger partial charge in [0, 0.05) is 19.2 Å². The highest BCUT2D eigenvalue weighted by atomic mass is 16.6. The second kappa shape index (κ2) is 8.99. The molecule has 2 rings (SSSR count). The average molecular weight is 368 g/mol. The molecule has 0 unspecified atom stereocenters. The van der Waals surface area contributed by atoms with E-state index in [1.165, 1.54) is 18.1 Å². The predicted molar refractivity (Wildman–Crippen MR) is 88.5 cm³/mol. The first kappa shape index (κ1) is 19.4. The van der Waals surface area contributed by atoms with Gasteiger partial charge in [-0.3, -0.25) is 14.9 Å². The van der Waals surface area contributed by atoms with E-state index >= 15 is 0 Å². The Labute approximate surface area is 149 Å². The van der Waals surface area contributed by atoms with Crippen molar-refractivity contribution < 1.29 is 33.5 Å². The molecule has 1 aromatic carbocycles. The van der Waals surface area contributed by atoms with Crippen LogP contribution in [0.3, 0.4) is 0 Å². The van der Waals surface area contributed by atoms with Gasteiger partial charge in [-0.15, -0.1) is 0 Å². The number of rotatable bonds is 7. The molecule has 1 aromatic rings. The van der Waals surface area contributed by atoms with E-state index in [9.17, 15) is 19.7 Å². The highest BCUT2D eigenvalue weighted by molar-refractivity contribution is 5.96. The third kappa shape index (κ3) is 4.60. The van der Waals surface area contributed by atoms with Gasteiger partial charge in [0.15, 0.2) is 18.1 Å². The maximum atomic E-state index is 12.3. The summed E-state index contributed by atoms with van der Waals surface area (Å²) >= 11 is 0. The van der Waals surface area contributed by atoms with E-state index in [1.54, 1.807) is 6.92 Å². The van der Waals surface area contributed by atoms with Gasteiger partial charge in [-0.1, -0.05) is 0 Å². The Bertz CT molecular complexity index is 685. The maximum absolute atomic E-state index is 12.3. The van der Waals surface area contributed by atoms with Gasteiger partial charge < -0.3 is 23.8 Å². The number of carbonyl (C=O) groups excluding carboxylic acids is 2. The molecule has 0 atom stereocenters. The Morgan fingerprint density at radius 1 is 1.27 bits per heavy atom. The topological polar surface area (TPSA) is 117 Å². The number of benzene rings is 1. The van der Waals surface area contributed by atoms with Crippen LogP contribution in [0, 0.1) is 10.1 Å². The van der Waals surface area contributed by atoms with E-state index in [-0.39, 0.29) is 29.6 Å². The summed E-state index contributed by atoms with van der Waals surface area (Å²) in [5.74, 6) is -1.07. The summed E-state index contributed by atoms with van der Waals surface area (Å²) in [4.78, 5) is 36.4. The molecule has 1 fully saturated rings. The standard InChI is InChI=1S/C16H20N2O8/c1-3-25-14-8-11(12(18(21)22)9-13(14)23-2)16(20)26-10-15(19)17-4-6-24-7-5-17/h8-9H,3-7,10H2,1-2H3. The van der Waals surface area contributed by atoms with Crippen LogP contribution in [0.1, 0.15) is 17.3 Å². The van der Waals surface area contributed by atoms with Gasteiger partial charge in [-0.25, -0.2) is 4.79 Å². The van der Waals surface area contributed by atoms with E-state index in [0.717, 1.165) is 6.07 Å². The minimum absolute atomic E-state index is 0.125. The molecule has 0 spiro atoms. The Hall–Kier alpha value is -2.88. The zero-order chi connectivity index (χ0) is 19.1. The van der Waals surface area contributed by atoms with Gasteiger partial charge >= 0.3 is 5.97 Å². The lowest BCUT2D eigenvalue weighted by Crippen LogP contribution is -2.42. The molecule has 0 aromatic heterocycles. The van der Waals surface area contributed by atoms with Crippen molar-refractivity contribution in [1.82, 2.24) is 4.90 Å². The number of hydrogen-bond donors (Lipinski definition) is 0. The fourth-order valence-electron chi connectivity index (χ4n) is 2.40. The molecular formula is C16H20N2O8. The highest BCUT2D eigenvalue weighted by Gasteiger charge is 2.27. The normalized spacial score (nSPS) is 13.8. The Kier molecular flexibility index (Phi) is 6.73. The number of hydrogen-bond acceptors (Lipinski definition) is 8. The summed E-state index contributed by atoms with van der Waals surface area (Å²) in [6.45, 7) is 3.15. The largest absolute Gasteiger partial charge is 0.493 e. The van der Waals surface area contributed by atoms with Gasteiger partial charge in [0.1, 0.15) is 5.56 Å². The Balaban J connectivity index is 2.16. The first-order valence-corrected chi connectivity index (χ1v) is 7.99. The van der Waals surface area contributed by atoms with Crippen molar-refractivity contribution in [2.45, 2.75) is 6.92 Å². The molecule has 10 nitrogen and oxygen atoms in total. The van der Waals surface area contributed by atoms with Crippen LogP contribution in [0.5, 0.6) is 11.5 Å². The number of esters is 1. The molecule has 1 saturated heterocycles. The van der Waals surface area contributed by atoms with Crippen molar-refractivity contribution in [2.24, 2.45) is 0 Å². The fourth-order valence-corrected chi connectivity index (χ4v) is 2.40. The van der Waals surface area contributed by atoms with E-state index in [2.05, 4.69) is 0 Å². The van der Waals surface area contributed by atoms with Crippen LogP contribution in [-0.4, -0.2) is 68.3 Å². The number of nitro groups is 1. The first-order valence-electron chi connectivity index (χ1n) is 7.99. The monoisotopic (exact) mass is 368 g/mol. The third-order valence-electron chi connectivity index (χ3n) is 3.69. The minimum atomic E-state index is -0.984. The molecule has 0 N–H and O–H groups in total. The highest BCUT2D eigenvalue weighted by Crippen LogP contribution is 2.35. The first-order chi connectivity index (χ1) is 12.5. The van der Waals surface area contributed by atoms with Crippen molar-refractivity contribution in [3.8, 4) is 11.5 Å². The molecule has 0 radical (unpaired) electrons. The summed E-state index contributed by atoms with van der Waals surface area (Å²) in [6.07, 6.45) is 0. The zero-order valence-corrected chi connectivity index (χ0v) is 14.6. The van der Waals surface area contributed by atoms with Crippen LogP contribution in [-0.2, 0) is 14.3 Å². The van der Waals surface area contributed by atoms with Crippen LogP contribution in [0.4, 0.5) is 5.69 Å². The molecule has 142 valence electrons. The molecule has 26 heavy (non-hydrogen) atoms. The molecule has 1 amide bonds. The molecule has 1 heterocycles. The van der Waals surface area contributed by atoms with Crippen molar-refractivity contribution in [3.63, 3.8) is 0 Å². The van der Waals surface area contributed by atoms with Crippen LogP contribution in [0.25, 0.3) is 0 Å². The molecular weight excluding hydrogens is 348 g/mol. The second-order valence-electron chi connectivity index (χ2n) is 5.28. The SMILES string of the molecule is CCOc1cc(C(=O)OCC(=O)N2CCOCC2)c([N+](=O)[O-])cc1OC. The predicted octanol–water partition coefficient (Wildman–Crippen LogP) is 1.02. The van der Waals surface area contributed by atoms with Gasteiger partial charge in [0.05, 0.1) is 37.9 Å². The summed E-state index contributed by atoms with van der Waals surface area (Å²) < 4.78 is 20.5. The van der Waals surface area contributed by atoms with Crippen LogP contribution < -0.4 is 9.47 Å². The van der Waals surface area contributed by atoms with Crippen molar-refractivity contribution >= 4 is 17.6 Å². The maximum Gasteiger partial charge on any atom is 0.345 e. The number of ether oxygens (including phenoxy) is 4. The lowest BCUT2D eigenvalue weighted by atomic mass is 10.1. The second-order valence-corrected chi connectivity index (χ2v) is 5.28. The molecule has 1 aliphatic heterocycles. The van der Waals surface area contributed by atoms with Crippen molar-refractivity contribution in [3.05, 3.63) is 27.8 Å². The van der Waals surface area contributed by atoms with Gasteiger partial charge in [-0.2, -0.15) is 0 Å². The number of carbonyl (C=O) groups is 2. The summed E-state index contributed by atoms with van der Waals surface area (Å²) in [6, 6.07) is 2.27. The van der Waals surface area contributed by atoms with Crippen LogP contribution in [0.15, 0.2) is 12.1 Å². The van der Waals surface area contributed by atoms with Crippen molar-refractivity contribution in [1.29, 1.82) is 0 Å². The third-order valence-corrected chi connectivity index (χ3v) is 3.69. The number of nitro benzene ring substituents is 1. The Morgan fingerprint density at radius 2 is 1.96 bits per heavy atom. The molecule has 0 saturated carbocycles. The fraction of sp³-hybridized carbons (Fsp3) is 0.500. The van der Waals surface area contributed by atoms with E-state index in [4.69, 9.17) is 18.9 Å². The van der Waals surface area contributed by atoms with E-state index < -0.39 is 23.2 Å². The molecule has 1 aliphatic rings. The minimum Gasteiger partial charge on any atom is -0.493 e. The number of methoxy groups -OCH3 is 1. The summed E-state index contributed by atoms with van der Waals surface area (Å²) in [5, 5.41) is 11.3. The smallest absolute Gasteiger partial charge is 0.345 e. The lowest BCUT2D eigenvalue weighted by Gasteiger charge is -2.26. The lowest BCUT2D eigenvalue weighted by molar-refractivity contribution is -0.385. The average Bonchev–Trinajstić information content (AvgIpc) is 2.66. The van der Waals surface area contributed by atoms with Crippen LogP contribution >= 0.6 is 0 Å².